The third-order valence-corrected chi connectivity index (χ3v) is 4.34. The molecule has 1 aliphatic heterocycles. The topological polar surface area (TPSA) is 59.4 Å². The van der Waals surface area contributed by atoms with E-state index in [0.29, 0.717) is 5.69 Å². The van der Waals surface area contributed by atoms with Gasteiger partial charge in [0.2, 0.25) is 0 Å². The fourth-order valence-electron chi connectivity index (χ4n) is 2.86. The summed E-state index contributed by atoms with van der Waals surface area (Å²) in [6.07, 6.45) is 0. The molecule has 1 fully saturated rings. The summed E-state index contributed by atoms with van der Waals surface area (Å²) in [4.78, 5) is 16.9. The number of nitrogens with zero attached hydrogens (tertiary/aromatic N) is 3. The van der Waals surface area contributed by atoms with Crippen molar-refractivity contribution >= 4 is 17.3 Å². The summed E-state index contributed by atoms with van der Waals surface area (Å²) in [5.41, 5.74) is 1.69. The zero-order chi connectivity index (χ0) is 17.8. The zero-order valence-electron chi connectivity index (χ0n) is 14.0. The van der Waals surface area contributed by atoms with Gasteiger partial charge in [-0.25, -0.2) is 4.39 Å². The Hall–Kier alpha value is -2.91. The van der Waals surface area contributed by atoms with E-state index in [0.717, 1.165) is 37.9 Å². The smallest absolute Gasteiger partial charge is 0.258 e. The van der Waals surface area contributed by atoms with Crippen molar-refractivity contribution in [3.63, 3.8) is 0 Å². The number of hydrogen-bond donors (Lipinski definition) is 1. The molecule has 1 aliphatic rings. The Morgan fingerprint density at radius 3 is 2.56 bits per heavy atom. The number of anilines is 2. The van der Waals surface area contributed by atoms with Gasteiger partial charge in [-0.05, 0) is 37.4 Å². The summed E-state index contributed by atoms with van der Waals surface area (Å²) < 4.78 is 14.1. The predicted molar refractivity (Wildman–Crippen MR) is 95.2 cm³/mol. The number of likely N-dealkylation sites (N-methyl/N-ethyl adjacent to an activating group) is 1. The van der Waals surface area contributed by atoms with Crippen LogP contribution < -0.4 is 10.2 Å². The lowest BCUT2D eigenvalue weighted by Crippen LogP contribution is -2.44. The van der Waals surface area contributed by atoms with Crippen LogP contribution in [0.15, 0.2) is 42.5 Å². The van der Waals surface area contributed by atoms with Gasteiger partial charge in [-0.2, -0.15) is 5.26 Å². The maximum Gasteiger partial charge on any atom is 0.258 e. The highest BCUT2D eigenvalue weighted by molar-refractivity contribution is 6.06. The Balaban J connectivity index is 1.81. The van der Waals surface area contributed by atoms with Crippen molar-refractivity contribution in [2.75, 3.05) is 43.4 Å². The summed E-state index contributed by atoms with van der Waals surface area (Å²) in [7, 11) is 2.08. The third-order valence-electron chi connectivity index (χ3n) is 4.34. The Morgan fingerprint density at radius 1 is 1.16 bits per heavy atom. The Bertz CT molecular complexity index is 822. The number of carbonyl (C=O) groups excluding carboxylic acids is 1. The lowest BCUT2D eigenvalue weighted by atomic mass is 10.1. The lowest BCUT2D eigenvalue weighted by molar-refractivity contribution is 0.102. The summed E-state index contributed by atoms with van der Waals surface area (Å²) >= 11 is 0. The van der Waals surface area contributed by atoms with E-state index in [1.807, 2.05) is 30.3 Å². The number of para-hydroxylation sites is 2. The summed E-state index contributed by atoms with van der Waals surface area (Å²) in [5, 5.41) is 11.6. The lowest BCUT2D eigenvalue weighted by Gasteiger charge is -2.35. The quantitative estimate of drug-likeness (QED) is 0.935. The molecule has 0 radical (unpaired) electrons. The van der Waals surface area contributed by atoms with Crippen LogP contribution in [0, 0.1) is 17.1 Å². The second-order valence-corrected chi connectivity index (χ2v) is 6.07. The van der Waals surface area contributed by atoms with Crippen molar-refractivity contribution in [1.29, 1.82) is 5.26 Å². The van der Waals surface area contributed by atoms with Gasteiger partial charge in [0.05, 0.1) is 28.6 Å². The van der Waals surface area contributed by atoms with Gasteiger partial charge in [0.1, 0.15) is 5.82 Å². The predicted octanol–water partition coefficient (Wildman–Crippen LogP) is 2.70. The van der Waals surface area contributed by atoms with Crippen molar-refractivity contribution in [1.82, 2.24) is 4.90 Å². The zero-order valence-corrected chi connectivity index (χ0v) is 14.0. The van der Waals surface area contributed by atoms with Gasteiger partial charge in [-0.3, -0.25) is 4.79 Å². The average Bonchev–Trinajstić information content (AvgIpc) is 2.62. The Morgan fingerprint density at radius 2 is 1.88 bits per heavy atom. The number of benzene rings is 2. The van der Waals surface area contributed by atoms with Crippen LogP contribution in [0.5, 0.6) is 0 Å². The van der Waals surface area contributed by atoms with E-state index >= 15 is 0 Å². The SMILES string of the molecule is CN1CCN(c2ccccc2NC(=O)c2ccc(C#N)cc2F)CC1. The molecule has 2 aromatic rings. The molecule has 128 valence electrons. The molecule has 5 nitrogen and oxygen atoms in total. The van der Waals surface area contributed by atoms with Crippen molar-refractivity contribution < 1.29 is 9.18 Å². The van der Waals surface area contributed by atoms with E-state index < -0.39 is 11.7 Å². The highest BCUT2D eigenvalue weighted by Gasteiger charge is 2.19. The molecule has 1 saturated heterocycles. The molecule has 0 saturated carbocycles. The second-order valence-electron chi connectivity index (χ2n) is 6.07. The van der Waals surface area contributed by atoms with Gasteiger partial charge in [-0.15, -0.1) is 0 Å². The van der Waals surface area contributed by atoms with Crippen molar-refractivity contribution in [2.24, 2.45) is 0 Å². The van der Waals surface area contributed by atoms with Gasteiger partial charge >= 0.3 is 0 Å². The van der Waals surface area contributed by atoms with Gasteiger partial charge in [0.15, 0.2) is 0 Å². The summed E-state index contributed by atoms with van der Waals surface area (Å²) in [6.45, 7) is 3.64. The van der Waals surface area contributed by atoms with Crippen molar-refractivity contribution in [2.45, 2.75) is 0 Å². The van der Waals surface area contributed by atoms with Crippen molar-refractivity contribution in [3.05, 3.63) is 59.4 Å². The van der Waals surface area contributed by atoms with E-state index in [2.05, 4.69) is 22.2 Å². The number of nitriles is 1. The van der Waals surface area contributed by atoms with Gasteiger partial charge in [0.25, 0.3) is 5.91 Å². The standard InChI is InChI=1S/C19H19FN4O/c1-23-8-10-24(11-9-23)18-5-3-2-4-17(18)22-19(25)15-7-6-14(13-21)12-16(15)20/h2-7,12H,8-11H2,1H3,(H,22,25). The largest absolute Gasteiger partial charge is 0.367 e. The monoisotopic (exact) mass is 338 g/mol. The summed E-state index contributed by atoms with van der Waals surface area (Å²) in [6, 6.07) is 13.2. The minimum Gasteiger partial charge on any atom is -0.367 e. The number of carbonyl (C=O) groups is 1. The Labute approximate surface area is 146 Å². The summed E-state index contributed by atoms with van der Waals surface area (Å²) in [5.74, 6) is -1.22. The number of piperazine rings is 1. The normalized spacial score (nSPS) is 14.8. The fourth-order valence-corrected chi connectivity index (χ4v) is 2.86. The van der Waals surface area contributed by atoms with E-state index in [-0.39, 0.29) is 11.1 Å². The van der Waals surface area contributed by atoms with Gasteiger partial charge in [0, 0.05) is 26.2 Å². The van der Waals surface area contributed by atoms with Crippen LogP contribution in [0.1, 0.15) is 15.9 Å². The van der Waals surface area contributed by atoms with Crippen LogP contribution in [0.4, 0.5) is 15.8 Å². The molecule has 6 heteroatoms. The molecule has 0 atom stereocenters. The van der Waals surface area contributed by atoms with E-state index in [1.54, 1.807) is 0 Å². The van der Waals surface area contributed by atoms with Crippen LogP contribution in [0.25, 0.3) is 0 Å². The van der Waals surface area contributed by atoms with Crippen LogP contribution in [0.2, 0.25) is 0 Å². The molecule has 1 amide bonds. The molecule has 0 spiro atoms. The number of nitrogens with one attached hydrogen (secondary N) is 1. The molecular weight excluding hydrogens is 319 g/mol. The molecular formula is C19H19FN4O. The maximum atomic E-state index is 14.1. The highest BCUT2D eigenvalue weighted by atomic mass is 19.1. The number of halogens is 1. The first-order valence-corrected chi connectivity index (χ1v) is 8.12. The maximum absolute atomic E-state index is 14.1. The molecule has 0 bridgehead atoms. The molecule has 3 rings (SSSR count). The van der Waals surface area contributed by atoms with E-state index in [1.165, 1.54) is 12.1 Å². The molecule has 0 aromatic heterocycles. The van der Waals surface area contributed by atoms with E-state index in [4.69, 9.17) is 5.26 Å². The number of rotatable bonds is 3. The molecule has 25 heavy (non-hydrogen) atoms. The minimum atomic E-state index is -0.700. The number of amides is 1. The van der Waals surface area contributed by atoms with Crippen LogP contribution in [-0.2, 0) is 0 Å². The highest BCUT2D eigenvalue weighted by Crippen LogP contribution is 2.27. The Kier molecular flexibility index (Phi) is 4.96. The second kappa shape index (κ2) is 7.32. The average molecular weight is 338 g/mol. The van der Waals surface area contributed by atoms with Crippen LogP contribution >= 0.6 is 0 Å². The first-order valence-electron chi connectivity index (χ1n) is 8.12. The minimum absolute atomic E-state index is 0.0767. The molecule has 2 aromatic carbocycles. The molecule has 0 aliphatic carbocycles. The van der Waals surface area contributed by atoms with Crippen LogP contribution in [0.3, 0.4) is 0 Å². The van der Waals surface area contributed by atoms with Gasteiger partial charge < -0.3 is 15.1 Å². The first-order chi connectivity index (χ1) is 12.1. The fraction of sp³-hybridized carbons (Fsp3) is 0.263. The van der Waals surface area contributed by atoms with Gasteiger partial charge in [-0.1, -0.05) is 12.1 Å². The number of hydrogen-bond acceptors (Lipinski definition) is 4. The molecule has 1 heterocycles. The third kappa shape index (κ3) is 3.78. The first kappa shape index (κ1) is 16.9. The molecule has 1 N–H and O–H groups in total. The van der Waals surface area contributed by atoms with Crippen molar-refractivity contribution in [3.8, 4) is 6.07 Å². The van der Waals surface area contributed by atoms with E-state index in [9.17, 15) is 9.18 Å². The molecule has 0 unspecified atom stereocenters. The van der Waals surface area contributed by atoms with Crippen LogP contribution in [-0.4, -0.2) is 44.0 Å².